The molecule has 2 heteroatoms. The molecule has 0 aromatic heterocycles. The first-order valence-corrected chi connectivity index (χ1v) is 8.70. The number of terminal acetylenes is 1. The van der Waals surface area contributed by atoms with Crippen LogP contribution in [0.5, 0.6) is 0 Å². The average Bonchev–Trinajstić information content (AvgIpc) is 2.65. The first-order chi connectivity index (χ1) is 11.4. The maximum absolute atomic E-state index is 7.64. The minimum atomic E-state index is -0.446. The highest BCUT2D eigenvalue weighted by Crippen LogP contribution is 2.32. The van der Waals surface area contributed by atoms with Gasteiger partial charge >= 0.3 is 0 Å². The molecule has 0 atom stereocenters. The molecular formula is C21H19OP. The van der Waals surface area contributed by atoms with Gasteiger partial charge in [-0.1, -0.05) is 96.9 Å². The second-order valence-electron chi connectivity index (χ2n) is 4.70. The molecule has 0 fully saturated rings. The Labute approximate surface area is 139 Å². The molecule has 0 bridgehead atoms. The van der Waals surface area contributed by atoms with Crippen molar-refractivity contribution in [3.8, 4) is 12.3 Å². The molecule has 0 spiro atoms. The summed E-state index contributed by atoms with van der Waals surface area (Å²) < 4.78 is 0. The van der Waals surface area contributed by atoms with Gasteiger partial charge in [0.1, 0.15) is 6.61 Å². The minimum absolute atomic E-state index is 0.153. The molecule has 0 aliphatic carbocycles. The van der Waals surface area contributed by atoms with Gasteiger partial charge in [-0.15, -0.1) is 6.42 Å². The van der Waals surface area contributed by atoms with Gasteiger partial charge in [0.25, 0.3) is 0 Å². The molecule has 114 valence electrons. The third-order valence-electron chi connectivity index (χ3n) is 3.13. The van der Waals surface area contributed by atoms with E-state index in [1.54, 1.807) is 0 Å². The summed E-state index contributed by atoms with van der Waals surface area (Å²) in [4.78, 5) is 0. The maximum Gasteiger partial charge on any atom is 0.103 e. The Hall–Kier alpha value is -2.39. The van der Waals surface area contributed by atoms with Gasteiger partial charge in [0.15, 0.2) is 0 Å². The van der Waals surface area contributed by atoms with Crippen molar-refractivity contribution < 1.29 is 5.11 Å². The zero-order chi connectivity index (χ0) is 16.3. The first kappa shape index (κ1) is 17.0. The number of benzene rings is 3. The lowest BCUT2D eigenvalue weighted by Gasteiger charge is -2.18. The summed E-state index contributed by atoms with van der Waals surface area (Å²) in [5.74, 6) is 1.99. The van der Waals surface area contributed by atoms with Crippen molar-refractivity contribution in [1.29, 1.82) is 0 Å². The van der Waals surface area contributed by atoms with Crippen molar-refractivity contribution in [2.75, 3.05) is 6.61 Å². The number of hydrogen-bond donors (Lipinski definition) is 1. The predicted molar refractivity (Wildman–Crippen MR) is 101 cm³/mol. The van der Waals surface area contributed by atoms with Crippen LogP contribution in [0.25, 0.3) is 0 Å². The highest BCUT2D eigenvalue weighted by atomic mass is 31.1. The Morgan fingerprint density at radius 2 is 0.913 bits per heavy atom. The van der Waals surface area contributed by atoms with E-state index in [0.717, 1.165) is 0 Å². The van der Waals surface area contributed by atoms with E-state index in [2.05, 4.69) is 97.4 Å². The largest absolute Gasteiger partial charge is 0.384 e. The van der Waals surface area contributed by atoms with Gasteiger partial charge in [-0.25, -0.2) is 0 Å². The van der Waals surface area contributed by atoms with Crippen LogP contribution in [0.15, 0.2) is 91.0 Å². The van der Waals surface area contributed by atoms with E-state index < -0.39 is 7.92 Å². The van der Waals surface area contributed by atoms with Crippen LogP contribution in [0.3, 0.4) is 0 Å². The van der Waals surface area contributed by atoms with E-state index in [1.807, 2.05) is 5.92 Å². The number of rotatable bonds is 3. The predicted octanol–water partition coefficient (Wildman–Crippen LogP) is 3.06. The summed E-state index contributed by atoms with van der Waals surface area (Å²) in [6.45, 7) is -0.153. The van der Waals surface area contributed by atoms with Crippen LogP contribution < -0.4 is 15.9 Å². The van der Waals surface area contributed by atoms with Crippen LogP contribution >= 0.6 is 7.92 Å². The summed E-state index contributed by atoms with van der Waals surface area (Å²) in [5.41, 5.74) is 0. The highest BCUT2D eigenvalue weighted by Gasteiger charge is 2.14. The fraction of sp³-hybridized carbons (Fsp3) is 0.0476. The molecule has 0 aliphatic rings. The SMILES string of the molecule is C#CCO.c1ccc(P(c2ccccc2)c2ccccc2)cc1. The molecule has 0 saturated carbocycles. The van der Waals surface area contributed by atoms with Gasteiger partial charge in [-0.05, 0) is 23.8 Å². The molecular weight excluding hydrogens is 299 g/mol. The van der Waals surface area contributed by atoms with E-state index in [1.165, 1.54) is 15.9 Å². The summed E-state index contributed by atoms with van der Waals surface area (Å²) >= 11 is 0. The van der Waals surface area contributed by atoms with Crippen LogP contribution in [0, 0.1) is 12.3 Å². The lowest BCUT2D eigenvalue weighted by Crippen LogP contribution is -2.20. The molecule has 0 heterocycles. The molecule has 0 aliphatic heterocycles. The third-order valence-corrected chi connectivity index (χ3v) is 5.58. The molecule has 23 heavy (non-hydrogen) atoms. The molecule has 0 unspecified atom stereocenters. The quantitative estimate of drug-likeness (QED) is 0.581. The monoisotopic (exact) mass is 318 g/mol. The molecule has 0 saturated heterocycles. The molecule has 0 amide bonds. The zero-order valence-electron chi connectivity index (χ0n) is 12.8. The standard InChI is InChI=1S/C18H15P.C3H4O/c1-4-10-16(11-5-1)19(17-12-6-2-7-13-17)18-14-8-3-9-15-18;1-2-3-4/h1-15H;1,4H,3H2. The Morgan fingerprint density at radius 3 is 1.13 bits per heavy atom. The van der Waals surface area contributed by atoms with E-state index in [-0.39, 0.29) is 6.61 Å². The number of aliphatic hydroxyl groups excluding tert-OH is 1. The summed E-state index contributed by atoms with van der Waals surface area (Å²) in [5, 5.41) is 11.8. The highest BCUT2D eigenvalue weighted by molar-refractivity contribution is 7.79. The summed E-state index contributed by atoms with van der Waals surface area (Å²) in [7, 11) is -0.446. The third kappa shape index (κ3) is 5.08. The molecule has 0 radical (unpaired) electrons. The van der Waals surface area contributed by atoms with Crippen LogP contribution in [0.4, 0.5) is 0 Å². The fourth-order valence-electron chi connectivity index (χ4n) is 2.18. The van der Waals surface area contributed by atoms with Gasteiger partial charge in [0, 0.05) is 0 Å². The average molecular weight is 318 g/mol. The van der Waals surface area contributed by atoms with E-state index in [0.29, 0.717) is 0 Å². The van der Waals surface area contributed by atoms with Crippen LogP contribution in [0.2, 0.25) is 0 Å². The lowest BCUT2D eigenvalue weighted by molar-refractivity contribution is 0.351. The molecule has 3 aromatic rings. The normalized spacial score (nSPS) is 9.61. The number of aliphatic hydroxyl groups is 1. The van der Waals surface area contributed by atoms with Gasteiger partial charge in [0.2, 0.25) is 0 Å². The smallest absolute Gasteiger partial charge is 0.103 e. The van der Waals surface area contributed by atoms with E-state index in [9.17, 15) is 0 Å². The van der Waals surface area contributed by atoms with Crippen LogP contribution in [-0.4, -0.2) is 11.7 Å². The number of hydrogen-bond acceptors (Lipinski definition) is 1. The van der Waals surface area contributed by atoms with Gasteiger partial charge in [0.05, 0.1) is 0 Å². The topological polar surface area (TPSA) is 20.2 Å². The Kier molecular flexibility index (Phi) is 7.08. The van der Waals surface area contributed by atoms with Crippen molar-refractivity contribution >= 4 is 23.8 Å². The summed E-state index contributed by atoms with van der Waals surface area (Å²) in [6, 6.07) is 32.3. The van der Waals surface area contributed by atoms with Gasteiger partial charge in [-0.2, -0.15) is 0 Å². The van der Waals surface area contributed by atoms with Crippen molar-refractivity contribution in [2.45, 2.75) is 0 Å². The molecule has 3 rings (SSSR count). The Balaban J connectivity index is 0.000000433. The van der Waals surface area contributed by atoms with Crippen molar-refractivity contribution in [3.63, 3.8) is 0 Å². The summed E-state index contributed by atoms with van der Waals surface area (Å²) in [6.07, 6.45) is 4.53. The molecule has 1 N–H and O–H groups in total. The van der Waals surface area contributed by atoms with Crippen LogP contribution in [0.1, 0.15) is 0 Å². The second-order valence-corrected chi connectivity index (χ2v) is 6.92. The second kappa shape index (κ2) is 9.59. The van der Waals surface area contributed by atoms with Crippen molar-refractivity contribution in [2.24, 2.45) is 0 Å². The fourth-order valence-corrected chi connectivity index (χ4v) is 4.48. The molecule has 3 aromatic carbocycles. The minimum Gasteiger partial charge on any atom is -0.384 e. The Morgan fingerprint density at radius 1 is 0.652 bits per heavy atom. The van der Waals surface area contributed by atoms with Crippen molar-refractivity contribution in [3.05, 3.63) is 91.0 Å². The van der Waals surface area contributed by atoms with Crippen LogP contribution in [-0.2, 0) is 0 Å². The van der Waals surface area contributed by atoms with E-state index >= 15 is 0 Å². The maximum atomic E-state index is 7.64. The zero-order valence-corrected chi connectivity index (χ0v) is 13.7. The first-order valence-electron chi connectivity index (χ1n) is 7.36. The van der Waals surface area contributed by atoms with Gasteiger partial charge < -0.3 is 5.11 Å². The van der Waals surface area contributed by atoms with E-state index in [4.69, 9.17) is 5.11 Å². The Bertz CT molecular complexity index is 624. The van der Waals surface area contributed by atoms with Gasteiger partial charge in [-0.3, -0.25) is 0 Å². The lowest BCUT2D eigenvalue weighted by atomic mass is 10.4. The van der Waals surface area contributed by atoms with Crippen molar-refractivity contribution in [1.82, 2.24) is 0 Å². The molecule has 1 nitrogen and oxygen atoms in total.